The molecular weight excluding hydrogens is 503 g/mol. The van der Waals surface area contributed by atoms with E-state index in [2.05, 4.69) is 39.7 Å². The zero-order chi connectivity index (χ0) is 19.4. The zero-order valence-electron chi connectivity index (χ0n) is 16.7. The summed E-state index contributed by atoms with van der Waals surface area (Å²) in [5.74, 6) is 2.42. The van der Waals surface area contributed by atoms with Gasteiger partial charge in [-0.15, -0.1) is 35.3 Å². The Kier molecular flexibility index (Phi) is 7.58. The van der Waals surface area contributed by atoms with Crippen molar-refractivity contribution >= 4 is 41.3 Å². The highest BCUT2D eigenvalue weighted by Crippen LogP contribution is 2.40. The van der Waals surface area contributed by atoms with E-state index in [0.29, 0.717) is 13.3 Å². The summed E-state index contributed by atoms with van der Waals surface area (Å²) in [6.45, 7) is 5.29. The van der Waals surface area contributed by atoms with Gasteiger partial charge in [0.2, 0.25) is 6.79 Å². The molecule has 3 heterocycles. The van der Waals surface area contributed by atoms with E-state index in [1.54, 1.807) is 18.4 Å². The Hall–Kier alpha value is -1.59. The molecule has 2 aliphatic rings. The number of aryl methyl sites for hydroxylation is 1. The molecule has 0 unspecified atom stereocenters. The van der Waals surface area contributed by atoms with Crippen LogP contribution < -0.4 is 20.1 Å². The predicted molar refractivity (Wildman–Crippen MR) is 125 cm³/mol. The molecule has 29 heavy (non-hydrogen) atoms. The number of nitrogens with one attached hydrogen (secondary N) is 2. The van der Waals surface area contributed by atoms with Crippen LogP contribution in [0.15, 0.2) is 29.4 Å². The third-order valence-electron chi connectivity index (χ3n) is 5.33. The van der Waals surface area contributed by atoms with Crippen molar-refractivity contribution < 1.29 is 14.2 Å². The van der Waals surface area contributed by atoms with Crippen molar-refractivity contribution in [2.24, 2.45) is 4.99 Å². The Labute approximate surface area is 192 Å². The van der Waals surface area contributed by atoms with Crippen LogP contribution >= 0.6 is 35.3 Å². The minimum absolute atomic E-state index is 0. The van der Waals surface area contributed by atoms with Gasteiger partial charge in [-0.2, -0.15) is 0 Å². The van der Waals surface area contributed by atoms with E-state index >= 15 is 0 Å². The fourth-order valence-corrected chi connectivity index (χ4v) is 4.40. The Morgan fingerprint density at radius 2 is 2.00 bits per heavy atom. The van der Waals surface area contributed by atoms with Gasteiger partial charge in [-0.25, -0.2) is 4.98 Å². The number of rotatable bonds is 5. The maximum Gasteiger partial charge on any atom is 0.231 e. The van der Waals surface area contributed by atoms with Gasteiger partial charge in [0.1, 0.15) is 5.01 Å². The summed E-state index contributed by atoms with van der Waals surface area (Å²) < 4.78 is 16.7. The molecule has 1 aromatic carbocycles. The molecule has 7 nitrogen and oxygen atoms in total. The van der Waals surface area contributed by atoms with Gasteiger partial charge in [-0.05, 0) is 37.5 Å². The first-order valence-corrected chi connectivity index (χ1v) is 10.3. The lowest BCUT2D eigenvalue weighted by atomic mass is 9.74. The number of fused-ring (bicyclic) bond motifs is 1. The lowest BCUT2D eigenvalue weighted by molar-refractivity contribution is 0.0513. The number of ether oxygens (including phenoxy) is 3. The first kappa shape index (κ1) is 22.1. The van der Waals surface area contributed by atoms with Crippen molar-refractivity contribution in [3.63, 3.8) is 0 Å². The minimum atomic E-state index is -0.0331. The molecule has 0 amide bonds. The van der Waals surface area contributed by atoms with Crippen LogP contribution in [0.1, 0.15) is 28.3 Å². The number of hydrogen-bond acceptors (Lipinski definition) is 6. The van der Waals surface area contributed by atoms with Crippen molar-refractivity contribution in [3.05, 3.63) is 39.8 Å². The second kappa shape index (κ2) is 9.94. The van der Waals surface area contributed by atoms with Crippen LogP contribution in [0.2, 0.25) is 0 Å². The molecular formula is C20H27IN4O3S. The minimum Gasteiger partial charge on any atom is -0.454 e. The summed E-state index contributed by atoms with van der Waals surface area (Å²) in [6, 6.07) is 6.27. The van der Waals surface area contributed by atoms with Crippen molar-refractivity contribution in [2.45, 2.75) is 31.7 Å². The van der Waals surface area contributed by atoms with Crippen molar-refractivity contribution in [1.29, 1.82) is 0 Å². The molecule has 0 aliphatic carbocycles. The highest BCUT2D eigenvalue weighted by atomic mass is 127. The van der Waals surface area contributed by atoms with Crippen molar-refractivity contribution in [1.82, 2.24) is 15.6 Å². The first-order valence-electron chi connectivity index (χ1n) is 9.52. The lowest BCUT2D eigenvalue weighted by Gasteiger charge is -2.38. The summed E-state index contributed by atoms with van der Waals surface area (Å²) >= 11 is 1.70. The van der Waals surface area contributed by atoms with E-state index in [4.69, 9.17) is 14.2 Å². The van der Waals surface area contributed by atoms with E-state index in [0.717, 1.165) is 55.1 Å². The Balaban J connectivity index is 0.00000240. The van der Waals surface area contributed by atoms with Gasteiger partial charge in [0.25, 0.3) is 0 Å². The Bertz CT molecular complexity index is 852. The molecule has 1 saturated heterocycles. The molecule has 0 saturated carbocycles. The molecule has 4 rings (SSSR count). The van der Waals surface area contributed by atoms with Gasteiger partial charge in [-0.1, -0.05) is 6.07 Å². The average molecular weight is 530 g/mol. The van der Waals surface area contributed by atoms with E-state index in [1.165, 1.54) is 10.4 Å². The largest absolute Gasteiger partial charge is 0.454 e. The summed E-state index contributed by atoms with van der Waals surface area (Å²) in [4.78, 5) is 9.98. The topological polar surface area (TPSA) is 77.0 Å². The average Bonchev–Trinajstić information content (AvgIpc) is 3.37. The summed E-state index contributed by atoms with van der Waals surface area (Å²) in [5.41, 5.74) is 1.22. The number of aromatic nitrogens is 1. The smallest absolute Gasteiger partial charge is 0.231 e. The summed E-state index contributed by atoms with van der Waals surface area (Å²) in [7, 11) is 1.79. The number of hydrogen-bond donors (Lipinski definition) is 2. The molecule has 0 radical (unpaired) electrons. The Morgan fingerprint density at radius 3 is 2.72 bits per heavy atom. The number of nitrogens with zero attached hydrogens (tertiary/aromatic N) is 2. The van der Waals surface area contributed by atoms with Gasteiger partial charge < -0.3 is 24.8 Å². The number of halogens is 1. The fourth-order valence-electron chi connectivity index (χ4n) is 3.67. The molecule has 0 bridgehead atoms. The van der Waals surface area contributed by atoms with Gasteiger partial charge in [-0.3, -0.25) is 4.99 Å². The van der Waals surface area contributed by atoms with Crippen molar-refractivity contribution in [3.8, 4) is 11.5 Å². The molecule has 9 heteroatoms. The number of thiazole rings is 1. The van der Waals surface area contributed by atoms with Crippen LogP contribution in [0, 0.1) is 6.92 Å². The first-order chi connectivity index (χ1) is 13.7. The third-order valence-corrected chi connectivity index (χ3v) is 6.24. The van der Waals surface area contributed by atoms with E-state index in [1.807, 2.05) is 12.3 Å². The van der Waals surface area contributed by atoms with Gasteiger partial charge in [0.15, 0.2) is 17.5 Å². The highest BCUT2D eigenvalue weighted by Gasteiger charge is 2.35. The maximum absolute atomic E-state index is 5.64. The molecule has 2 aromatic rings. The SMILES string of the molecule is CN=C(NCc1ncc(C)s1)NCC1(c2ccc3c(c2)OCO3)CCOCC1.I. The zero-order valence-corrected chi connectivity index (χ0v) is 19.8. The lowest BCUT2D eigenvalue weighted by Crippen LogP contribution is -2.47. The monoisotopic (exact) mass is 530 g/mol. The second-order valence-electron chi connectivity index (χ2n) is 7.10. The molecule has 0 atom stereocenters. The molecule has 2 N–H and O–H groups in total. The third kappa shape index (κ3) is 5.13. The summed E-state index contributed by atoms with van der Waals surface area (Å²) in [6.07, 6.45) is 3.79. The standard InChI is InChI=1S/C20H26N4O3S.HI/c1-14-10-22-18(28-14)11-23-19(21-2)24-12-20(5-7-25-8-6-20)15-3-4-16-17(9-15)27-13-26-16;/h3-4,9-10H,5-8,11-13H2,1-2H3,(H2,21,23,24);1H. The van der Waals surface area contributed by atoms with Gasteiger partial charge >= 0.3 is 0 Å². The van der Waals surface area contributed by atoms with E-state index < -0.39 is 0 Å². The Morgan fingerprint density at radius 1 is 1.21 bits per heavy atom. The van der Waals surface area contributed by atoms with Crippen LogP contribution in [-0.4, -0.2) is 44.5 Å². The molecule has 158 valence electrons. The number of benzene rings is 1. The van der Waals surface area contributed by atoms with Crippen LogP contribution in [0.4, 0.5) is 0 Å². The molecule has 1 fully saturated rings. The van der Waals surface area contributed by atoms with Crippen molar-refractivity contribution in [2.75, 3.05) is 33.6 Å². The van der Waals surface area contributed by atoms with E-state index in [-0.39, 0.29) is 29.4 Å². The predicted octanol–water partition coefficient (Wildman–Crippen LogP) is 3.21. The molecule has 2 aliphatic heterocycles. The second-order valence-corrected chi connectivity index (χ2v) is 8.42. The maximum atomic E-state index is 5.64. The van der Waals surface area contributed by atoms with Crippen LogP contribution in [-0.2, 0) is 16.7 Å². The van der Waals surface area contributed by atoms with Crippen LogP contribution in [0.5, 0.6) is 11.5 Å². The van der Waals surface area contributed by atoms with Crippen LogP contribution in [0.25, 0.3) is 0 Å². The number of aliphatic imine (C=N–C) groups is 1. The van der Waals surface area contributed by atoms with Gasteiger partial charge in [0, 0.05) is 43.3 Å². The van der Waals surface area contributed by atoms with Crippen LogP contribution in [0.3, 0.4) is 0 Å². The normalized spacial score (nSPS) is 17.5. The van der Waals surface area contributed by atoms with E-state index in [9.17, 15) is 0 Å². The summed E-state index contributed by atoms with van der Waals surface area (Å²) in [5, 5.41) is 7.92. The molecule has 1 aromatic heterocycles. The van der Waals surface area contributed by atoms with Gasteiger partial charge in [0.05, 0.1) is 6.54 Å². The fraction of sp³-hybridized carbons (Fsp3) is 0.500. The molecule has 0 spiro atoms. The number of guanidine groups is 1. The highest BCUT2D eigenvalue weighted by molar-refractivity contribution is 14.0. The quantitative estimate of drug-likeness (QED) is 0.352.